The molecule has 10 heavy (non-hydrogen) atoms. The predicted molar refractivity (Wildman–Crippen MR) is 35.8 cm³/mol. The zero-order chi connectivity index (χ0) is 6.97. The van der Waals surface area contributed by atoms with E-state index in [2.05, 4.69) is 9.97 Å². The topological polar surface area (TPSA) is 50.2 Å². The third-order valence-corrected chi connectivity index (χ3v) is 1.35. The molecule has 0 fully saturated rings. The van der Waals surface area contributed by atoms with E-state index in [9.17, 15) is 4.79 Å². The fraction of sp³-hybridized carbons (Fsp3) is 0. The Hall–Kier alpha value is -1.58. The average Bonchev–Trinajstić information content (AvgIpc) is 2.34. The van der Waals surface area contributed by atoms with Crippen LogP contribution in [-0.4, -0.2) is 14.4 Å². The molecule has 0 unspecified atom stereocenters. The lowest BCUT2D eigenvalue weighted by molar-refractivity contribution is 1.01. The molecular formula is C6H5N3O. The van der Waals surface area contributed by atoms with E-state index in [1.165, 1.54) is 10.7 Å². The van der Waals surface area contributed by atoms with E-state index in [4.69, 9.17) is 0 Å². The lowest BCUT2D eigenvalue weighted by atomic mass is 10.5. The Kier molecular flexibility index (Phi) is 0.887. The van der Waals surface area contributed by atoms with Crippen molar-refractivity contribution in [3.8, 4) is 0 Å². The average molecular weight is 135 g/mol. The number of nitrogens with zero attached hydrogens (tertiary/aromatic N) is 2. The van der Waals surface area contributed by atoms with Crippen LogP contribution >= 0.6 is 0 Å². The molecule has 0 aliphatic heterocycles. The van der Waals surface area contributed by atoms with Crippen molar-refractivity contribution in [3.63, 3.8) is 0 Å². The first-order valence-electron chi connectivity index (χ1n) is 2.88. The van der Waals surface area contributed by atoms with Crippen LogP contribution in [0.25, 0.3) is 5.52 Å². The highest BCUT2D eigenvalue weighted by atomic mass is 16.1. The van der Waals surface area contributed by atoms with Crippen LogP contribution in [0.1, 0.15) is 0 Å². The zero-order valence-electron chi connectivity index (χ0n) is 5.11. The number of H-pyrrole nitrogens is 1. The molecule has 0 radical (unpaired) electrons. The first-order valence-corrected chi connectivity index (χ1v) is 2.88. The van der Waals surface area contributed by atoms with E-state index in [1.807, 2.05) is 0 Å². The van der Waals surface area contributed by atoms with E-state index < -0.39 is 0 Å². The summed E-state index contributed by atoms with van der Waals surface area (Å²) in [4.78, 5) is 17.2. The Morgan fingerprint density at radius 2 is 2.50 bits per heavy atom. The molecule has 0 spiro atoms. The van der Waals surface area contributed by atoms with Gasteiger partial charge in [-0.3, -0.25) is 4.40 Å². The number of imidazole rings is 1. The van der Waals surface area contributed by atoms with Crippen LogP contribution < -0.4 is 5.69 Å². The summed E-state index contributed by atoms with van der Waals surface area (Å²) < 4.78 is 1.44. The Labute approximate surface area is 56.2 Å². The molecule has 0 aromatic carbocycles. The van der Waals surface area contributed by atoms with Gasteiger partial charge in [0, 0.05) is 12.4 Å². The molecule has 2 heterocycles. The Bertz CT molecular complexity index is 400. The van der Waals surface area contributed by atoms with E-state index in [-0.39, 0.29) is 5.69 Å². The van der Waals surface area contributed by atoms with Gasteiger partial charge in [-0.2, -0.15) is 0 Å². The number of aromatic nitrogens is 3. The van der Waals surface area contributed by atoms with Gasteiger partial charge in [-0.1, -0.05) is 0 Å². The quantitative estimate of drug-likeness (QED) is 0.553. The summed E-state index contributed by atoms with van der Waals surface area (Å²) in [6, 6.07) is 1.76. The standard InChI is InChI=1S/C6H5N3O/c10-6-8-3-5-1-2-7-4-9(5)6/h1-4H,(H,8,10). The van der Waals surface area contributed by atoms with Crippen LogP contribution in [0.15, 0.2) is 29.6 Å². The van der Waals surface area contributed by atoms with Crippen molar-refractivity contribution in [2.45, 2.75) is 0 Å². The van der Waals surface area contributed by atoms with Gasteiger partial charge in [0.05, 0.1) is 5.52 Å². The van der Waals surface area contributed by atoms with Crippen molar-refractivity contribution in [1.29, 1.82) is 0 Å². The summed E-state index contributed by atoms with van der Waals surface area (Å²) in [5, 5.41) is 0. The number of rotatable bonds is 0. The maximum Gasteiger partial charge on any atom is 0.331 e. The van der Waals surface area contributed by atoms with Crippen molar-refractivity contribution in [3.05, 3.63) is 35.3 Å². The molecule has 0 aliphatic carbocycles. The molecule has 0 saturated carbocycles. The Morgan fingerprint density at radius 1 is 1.60 bits per heavy atom. The minimum atomic E-state index is -0.150. The first kappa shape index (κ1) is 5.22. The molecule has 0 saturated heterocycles. The van der Waals surface area contributed by atoms with Gasteiger partial charge in [0.15, 0.2) is 0 Å². The van der Waals surface area contributed by atoms with Crippen molar-refractivity contribution in [2.24, 2.45) is 0 Å². The minimum absolute atomic E-state index is 0.150. The van der Waals surface area contributed by atoms with Gasteiger partial charge in [0.1, 0.15) is 6.33 Å². The second-order valence-corrected chi connectivity index (χ2v) is 1.97. The molecule has 1 N–H and O–H groups in total. The van der Waals surface area contributed by atoms with Gasteiger partial charge in [-0.15, -0.1) is 0 Å². The Morgan fingerprint density at radius 3 is 3.30 bits per heavy atom. The van der Waals surface area contributed by atoms with E-state index in [0.29, 0.717) is 0 Å². The fourth-order valence-electron chi connectivity index (χ4n) is 0.864. The normalized spacial score (nSPS) is 10.4. The summed E-state index contributed by atoms with van der Waals surface area (Å²) in [7, 11) is 0. The lowest BCUT2D eigenvalue weighted by Gasteiger charge is -1.85. The first-order chi connectivity index (χ1) is 4.88. The summed E-state index contributed by atoms with van der Waals surface area (Å²) in [6.45, 7) is 0. The highest BCUT2D eigenvalue weighted by Crippen LogP contribution is 1.92. The minimum Gasteiger partial charge on any atom is -0.312 e. The van der Waals surface area contributed by atoms with Crippen molar-refractivity contribution in [1.82, 2.24) is 14.4 Å². The molecule has 0 bridgehead atoms. The second-order valence-electron chi connectivity index (χ2n) is 1.97. The molecule has 4 nitrogen and oxygen atoms in total. The molecule has 50 valence electrons. The number of hydrogen-bond acceptors (Lipinski definition) is 2. The molecule has 0 amide bonds. The summed E-state index contributed by atoms with van der Waals surface area (Å²) in [5.74, 6) is 0. The van der Waals surface area contributed by atoms with Gasteiger partial charge in [-0.25, -0.2) is 9.78 Å². The molecule has 4 heteroatoms. The van der Waals surface area contributed by atoms with Gasteiger partial charge in [0.2, 0.25) is 0 Å². The SMILES string of the molecule is O=c1[nH]cc2ccncn12. The van der Waals surface area contributed by atoms with E-state index >= 15 is 0 Å². The molecule has 2 rings (SSSR count). The van der Waals surface area contributed by atoms with Gasteiger partial charge < -0.3 is 4.98 Å². The molecule has 2 aromatic heterocycles. The highest BCUT2D eigenvalue weighted by Gasteiger charge is 1.92. The van der Waals surface area contributed by atoms with Gasteiger partial charge >= 0.3 is 5.69 Å². The second kappa shape index (κ2) is 1.70. The van der Waals surface area contributed by atoms with Crippen molar-refractivity contribution < 1.29 is 0 Å². The van der Waals surface area contributed by atoms with Crippen LogP contribution in [0.4, 0.5) is 0 Å². The van der Waals surface area contributed by atoms with Crippen molar-refractivity contribution >= 4 is 5.52 Å². The summed E-state index contributed by atoms with van der Waals surface area (Å²) >= 11 is 0. The van der Waals surface area contributed by atoms with Crippen LogP contribution in [-0.2, 0) is 0 Å². The third kappa shape index (κ3) is 0.556. The smallest absolute Gasteiger partial charge is 0.312 e. The third-order valence-electron chi connectivity index (χ3n) is 1.35. The Balaban J connectivity index is 3.07. The van der Waals surface area contributed by atoms with Gasteiger partial charge in [-0.05, 0) is 6.07 Å². The lowest BCUT2D eigenvalue weighted by Crippen LogP contribution is -2.08. The fourth-order valence-corrected chi connectivity index (χ4v) is 0.864. The maximum absolute atomic E-state index is 10.8. The van der Waals surface area contributed by atoms with E-state index in [1.54, 1.807) is 18.5 Å². The molecule has 0 aliphatic rings. The molecular weight excluding hydrogens is 130 g/mol. The number of hydrogen-bond donors (Lipinski definition) is 1. The summed E-state index contributed by atoms with van der Waals surface area (Å²) in [5.41, 5.74) is 0.683. The van der Waals surface area contributed by atoms with Crippen LogP contribution in [0.5, 0.6) is 0 Å². The number of aromatic amines is 1. The monoisotopic (exact) mass is 135 g/mol. The molecule has 0 atom stereocenters. The van der Waals surface area contributed by atoms with Crippen LogP contribution in [0, 0.1) is 0 Å². The number of fused-ring (bicyclic) bond motifs is 1. The maximum atomic E-state index is 10.8. The van der Waals surface area contributed by atoms with Crippen LogP contribution in [0.2, 0.25) is 0 Å². The zero-order valence-corrected chi connectivity index (χ0v) is 5.11. The predicted octanol–water partition coefficient (Wildman–Crippen LogP) is 0.0226. The number of nitrogens with one attached hydrogen (secondary N) is 1. The van der Waals surface area contributed by atoms with Crippen molar-refractivity contribution in [2.75, 3.05) is 0 Å². The van der Waals surface area contributed by atoms with Crippen LogP contribution in [0.3, 0.4) is 0 Å². The summed E-state index contributed by atoms with van der Waals surface area (Å²) in [6.07, 6.45) is 4.76. The highest BCUT2D eigenvalue weighted by molar-refractivity contribution is 5.42. The largest absolute Gasteiger partial charge is 0.331 e. The van der Waals surface area contributed by atoms with Gasteiger partial charge in [0.25, 0.3) is 0 Å². The van der Waals surface area contributed by atoms with E-state index in [0.717, 1.165) is 5.52 Å². The molecule has 2 aromatic rings.